The third-order valence-electron chi connectivity index (χ3n) is 2.79. The predicted molar refractivity (Wildman–Crippen MR) is 70.4 cm³/mol. The molecule has 2 nitrogen and oxygen atoms in total. The van der Waals surface area contributed by atoms with E-state index in [2.05, 4.69) is 24.4 Å². The molecule has 0 radical (unpaired) electrons. The van der Waals surface area contributed by atoms with Crippen LogP contribution < -0.4 is 10.1 Å². The highest BCUT2D eigenvalue weighted by Gasteiger charge is 2.02. The highest BCUT2D eigenvalue weighted by molar-refractivity contribution is 5.33. The van der Waals surface area contributed by atoms with Gasteiger partial charge in [-0.3, -0.25) is 0 Å². The molecule has 0 aliphatic heterocycles. The molecule has 0 fully saturated rings. The highest BCUT2D eigenvalue weighted by Crippen LogP contribution is 2.22. The normalized spacial score (nSPS) is 12.1. The van der Waals surface area contributed by atoms with Gasteiger partial charge in [-0.05, 0) is 43.8 Å². The van der Waals surface area contributed by atoms with Gasteiger partial charge in [-0.25, -0.2) is 0 Å². The Morgan fingerprint density at radius 3 is 2.06 bits per heavy atom. The summed E-state index contributed by atoms with van der Waals surface area (Å²) < 4.78 is 5.73. The second-order valence-electron chi connectivity index (χ2n) is 3.99. The number of rotatable bonds is 4. The van der Waals surface area contributed by atoms with Crippen molar-refractivity contribution in [2.24, 2.45) is 0 Å². The van der Waals surface area contributed by atoms with Gasteiger partial charge in [0.2, 0.25) is 0 Å². The monoisotopic (exact) mass is 227 g/mol. The Labute approximate surface area is 102 Å². The van der Waals surface area contributed by atoms with Gasteiger partial charge >= 0.3 is 0 Å². The molecule has 0 aromatic heterocycles. The van der Waals surface area contributed by atoms with Crippen molar-refractivity contribution >= 4 is 0 Å². The molecule has 88 valence electrons. The fourth-order valence-electron chi connectivity index (χ4n) is 1.62. The van der Waals surface area contributed by atoms with Crippen molar-refractivity contribution in [2.45, 2.75) is 13.0 Å². The molecule has 0 saturated carbocycles. The second kappa shape index (κ2) is 5.51. The van der Waals surface area contributed by atoms with Gasteiger partial charge in [0.1, 0.15) is 11.5 Å². The smallest absolute Gasteiger partial charge is 0.127 e. The zero-order valence-electron chi connectivity index (χ0n) is 10.2. The molecule has 0 aliphatic carbocycles. The molecular weight excluding hydrogens is 210 g/mol. The van der Waals surface area contributed by atoms with Gasteiger partial charge in [-0.2, -0.15) is 0 Å². The van der Waals surface area contributed by atoms with Crippen molar-refractivity contribution < 1.29 is 4.74 Å². The third-order valence-corrected chi connectivity index (χ3v) is 2.79. The molecule has 1 N–H and O–H groups in total. The minimum absolute atomic E-state index is 0.362. The summed E-state index contributed by atoms with van der Waals surface area (Å²) in [6.07, 6.45) is 0. The zero-order valence-corrected chi connectivity index (χ0v) is 10.2. The summed E-state index contributed by atoms with van der Waals surface area (Å²) in [5.74, 6) is 1.73. The van der Waals surface area contributed by atoms with E-state index >= 15 is 0 Å². The predicted octanol–water partition coefficient (Wildman–Crippen LogP) is 3.76. The SMILES string of the molecule is CNC(C)c1ccc(Oc2ccccc2)cc1. The van der Waals surface area contributed by atoms with Crippen LogP contribution in [-0.2, 0) is 0 Å². The van der Waals surface area contributed by atoms with E-state index in [1.807, 2.05) is 49.5 Å². The Morgan fingerprint density at radius 1 is 0.882 bits per heavy atom. The van der Waals surface area contributed by atoms with E-state index in [0.717, 1.165) is 11.5 Å². The van der Waals surface area contributed by atoms with Gasteiger partial charge < -0.3 is 10.1 Å². The van der Waals surface area contributed by atoms with Crippen LogP contribution in [0.1, 0.15) is 18.5 Å². The summed E-state index contributed by atoms with van der Waals surface area (Å²) in [7, 11) is 1.96. The van der Waals surface area contributed by atoms with Crippen molar-refractivity contribution in [3.05, 3.63) is 60.2 Å². The molecule has 2 aromatic rings. The van der Waals surface area contributed by atoms with Crippen LogP contribution >= 0.6 is 0 Å². The molecule has 17 heavy (non-hydrogen) atoms. The Hall–Kier alpha value is -1.80. The number of nitrogens with one attached hydrogen (secondary N) is 1. The number of hydrogen-bond donors (Lipinski definition) is 1. The van der Waals surface area contributed by atoms with Crippen molar-refractivity contribution in [1.29, 1.82) is 0 Å². The van der Waals surface area contributed by atoms with Crippen molar-refractivity contribution in [3.63, 3.8) is 0 Å². The minimum Gasteiger partial charge on any atom is -0.457 e. The van der Waals surface area contributed by atoms with E-state index in [1.54, 1.807) is 0 Å². The fraction of sp³-hybridized carbons (Fsp3) is 0.200. The summed E-state index contributed by atoms with van der Waals surface area (Å²) in [4.78, 5) is 0. The van der Waals surface area contributed by atoms with Crippen LogP contribution in [0.2, 0.25) is 0 Å². The Morgan fingerprint density at radius 2 is 1.47 bits per heavy atom. The third kappa shape index (κ3) is 3.08. The number of ether oxygens (including phenoxy) is 1. The fourth-order valence-corrected chi connectivity index (χ4v) is 1.62. The first kappa shape index (κ1) is 11.7. The summed E-state index contributed by atoms with van der Waals surface area (Å²) in [5.41, 5.74) is 1.26. The summed E-state index contributed by atoms with van der Waals surface area (Å²) in [5, 5.41) is 3.21. The first-order valence-corrected chi connectivity index (χ1v) is 5.79. The summed E-state index contributed by atoms with van der Waals surface area (Å²) in [6.45, 7) is 2.13. The molecule has 0 bridgehead atoms. The topological polar surface area (TPSA) is 21.3 Å². The van der Waals surface area contributed by atoms with Crippen LogP contribution in [0.3, 0.4) is 0 Å². The standard InChI is InChI=1S/C15H17NO/c1-12(16-2)13-8-10-15(11-9-13)17-14-6-4-3-5-7-14/h3-12,16H,1-2H3. The van der Waals surface area contributed by atoms with Crippen LogP contribution in [0.15, 0.2) is 54.6 Å². The molecule has 2 aromatic carbocycles. The van der Waals surface area contributed by atoms with Gasteiger partial charge in [0.25, 0.3) is 0 Å². The average molecular weight is 227 g/mol. The van der Waals surface area contributed by atoms with Crippen LogP contribution in [0.4, 0.5) is 0 Å². The number of hydrogen-bond acceptors (Lipinski definition) is 2. The van der Waals surface area contributed by atoms with Crippen molar-refractivity contribution in [2.75, 3.05) is 7.05 Å². The van der Waals surface area contributed by atoms with E-state index < -0.39 is 0 Å². The zero-order chi connectivity index (χ0) is 12.1. The first-order valence-electron chi connectivity index (χ1n) is 5.79. The maximum absolute atomic E-state index is 5.73. The number of benzene rings is 2. The minimum atomic E-state index is 0.362. The van der Waals surface area contributed by atoms with E-state index in [0.29, 0.717) is 6.04 Å². The Balaban J connectivity index is 2.08. The molecule has 0 aliphatic rings. The van der Waals surface area contributed by atoms with Crippen LogP contribution in [0.5, 0.6) is 11.5 Å². The van der Waals surface area contributed by atoms with Crippen molar-refractivity contribution in [3.8, 4) is 11.5 Å². The molecular formula is C15H17NO. The lowest BCUT2D eigenvalue weighted by molar-refractivity contribution is 0.482. The summed E-state index contributed by atoms with van der Waals surface area (Å²) in [6, 6.07) is 18.3. The lowest BCUT2D eigenvalue weighted by Crippen LogP contribution is -2.11. The second-order valence-corrected chi connectivity index (χ2v) is 3.99. The summed E-state index contributed by atoms with van der Waals surface area (Å²) >= 11 is 0. The highest BCUT2D eigenvalue weighted by atomic mass is 16.5. The van der Waals surface area contributed by atoms with Gasteiger partial charge in [0, 0.05) is 6.04 Å². The van der Waals surface area contributed by atoms with E-state index in [-0.39, 0.29) is 0 Å². The van der Waals surface area contributed by atoms with E-state index in [9.17, 15) is 0 Å². The largest absolute Gasteiger partial charge is 0.457 e. The van der Waals surface area contributed by atoms with Crippen LogP contribution in [0.25, 0.3) is 0 Å². The molecule has 0 heterocycles. The quantitative estimate of drug-likeness (QED) is 0.858. The van der Waals surface area contributed by atoms with Crippen LogP contribution in [-0.4, -0.2) is 7.05 Å². The maximum Gasteiger partial charge on any atom is 0.127 e. The molecule has 2 rings (SSSR count). The van der Waals surface area contributed by atoms with Gasteiger partial charge in [0.15, 0.2) is 0 Å². The van der Waals surface area contributed by atoms with Gasteiger partial charge in [-0.1, -0.05) is 30.3 Å². The van der Waals surface area contributed by atoms with Gasteiger partial charge in [0.05, 0.1) is 0 Å². The molecule has 2 heteroatoms. The van der Waals surface area contributed by atoms with Crippen LogP contribution in [0, 0.1) is 0 Å². The molecule has 1 atom stereocenters. The molecule has 1 unspecified atom stereocenters. The molecule has 0 saturated heterocycles. The molecule has 0 spiro atoms. The van der Waals surface area contributed by atoms with Gasteiger partial charge in [-0.15, -0.1) is 0 Å². The Kier molecular flexibility index (Phi) is 3.78. The molecule has 0 amide bonds. The number of para-hydroxylation sites is 1. The lowest BCUT2D eigenvalue weighted by atomic mass is 10.1. The maximum atomic E-state index is 5.73. The van der Waals surface area contributed by atoms with Crippen molar-refractivity contribution in [1.82, 2.24) is 5.32 Å². The van der Waals surface area contributed by atoms with E-state index in [4.69, 9.17) is 4.74 Å². The lowest BCUT2D eigenvalue weighted by Gasteiger charge is -2.11. The Bertz CT molecular complexity index is 450. The first-order chi connectivity index (χ1) is 8.29. The van der Waals surface area contributed by atoms with E-state index in [1.165, 1.54) is 5.56 Å². The average Bonchev–Trinajstić information content (AvgIpc) is 2.40.